The third kappa shape index (κ3) is 5.04. The van der Waals surface area contributed by atoms with Crippen molar-refractivity contribution < 1.29 is 18.3 Å². The van der Waals surface area contributed by atoms with E-state index in [1.54, 1.807) is 44.4 Å². The first kappa shape index (κ1) is 18.9. The van der Waals surface area contributed by atoms with Gasteiger partial charge in [0.25, 0.3) is 0 Å². The van der Waals surface area contributed by atoms with E-state index in [4.69, 9.17) is 4.74 Å². The lowest BCUT2D eigenvalue weighted by molar-refractivity contribution is 0.0657. The summed E-state index contributed by atoms with van der Waals surface area (Å²) in [6.45, 7) is 1.50. The van der Waals surface area contributed by atoms with Crippen molar-refractivity contribution in [3.05, 3.63) is 58.6 Å². The van der Waals surface area contributed by atoms with E-state index in [-0.39, 0.29) is 11.4 Å². The van der Waals surface area contributed by atoms with E-state index in [1.165, 1.54) is 6.07 Å². The first-order valence-electron chi connectivity index (χ1n) is 7.33. The van der Waals surface area contributed by atoms with E-state index < -0.39 is 15.6 Å². The molecule has 7 heteroatoms. The quantitative estimate of drug-likeness (QED) is 0.731. The average Bonchev–Trinajstić information content (AvgIpc) is 2.54. The van der Waals surface area contributed by atoms with Gasteiger partial charge >= 0.3 is 0 Å². The minimum absolute atomic E-state index is 0.0945. The second-order valence-electron chi connectivity index (χ2n) is 5.78. The Bertz CT molecular complexity index is 788. The fraction of sp³-hybridized carbons (Fsp3) is 0.294. The van der Waals surface area contributed by atoms with Gasteiger partial charge in [-0.2, -0.15) is 0 Å². The van der Waals surface area contributed by atoms with Gasteiger partial charge in [0.15, 0.2) is 0 Å². The van der Waals surface area contributed by atoms with Crippen molar-refractivity contribution in [1.29, 1.82) is 0 Å². The minimum Gasteiger partial charge on any atom is -0.497 e. The predicted octanol–water partition coefficient (Wildman–Crippen LogP) is 2.73. The standard InChI is InChI=1S/C17H20BrNO4S/c1-17(20,11-13-7-9-14(23-2)10-8-13)12-19-24(21,22)16-6-4-3-5-15(16)18/h3-10,19-20H,11-12H2,1-2H3/t17-/m0/s1. The molecule has 0 aliphatic rings. The molecule has 2 rings (SSSR count). The van der Waals surface area contributed by atoms with E-state index in [0.29, 0.717) is 10.9 Å². The zero-order valence-electron chi connectivity index (χ0n) is 13.5. The molecule has 0 aliphatic heterocycles. The zero-order valence-corrected chi connectivity index (χ0v) is 15.9. The van der Waals surface area contributed by atoms with Gasteiger partial charge in [-0.1, -0.05) is 24.3 Å². The van der Waals surface area contributed by atoms with Crippen molar-refractivity contribution in [3.8, 4) is 5.75 Å². The van der Waals surface area contributed by atoms with Gasteiger partial charge in [0.1, 0.15) is 5.75 Å². The molecular weight excluding hydrogens is 394 g/mol. The van der Waals surface area contributed by atoms with Crippen LogP contribution in [0.2, 0.25) is 0 Å². The number of nitrogens with one attached hydrogen (secondary N) is 1. The number of sulfonamides is 1. The Morgan fingerprint density at radius 2 is 1.79 bits per heavy atom. The highest BCUT2D eigenvalue weighted by Crippen LogP contribution is 2.22. The monoisotopic (exact) mass is 413 g/mol. The highest BCUT2D eigenvalue weighted by atomic mass is 79.9. The van der Waals surface area contributed by atoms with Gasteiger partial charge in [-0.3, -0.25) is 0 Å². The second kappa shape index (κ2) is 7.65. The second-order valence-corrected chi connectivity index (χ2v) is 8.37. The predicted molar refractivity (Wildman–Crippen MR) is 96.7 cm³/mol. The van der Waals surface area contributed by atoms with Crippen LogP contribution in [-0.2, 0) is 16.4 Å². The molecule has 0 spiro atoms. The van der Waals surface area contributed by atoms with Crippen LogP contribution in [0.25, 0.3) is 0 Å². The van der Waals surface area contributed by atoms with Crippen molar-refractivity contribution in [2.75, 3.05) is 13.7 Å². The molecule has 2 N–H and O–H groups in total. The third-order valence-electron chi connectivity index (χ3n) is 3.51. The van der Waals surface area contributed by atoms with Gasteiger partial charge in [0.05, 0.1) is 17.6 Å². The largest absolute Gasteiger partial charge is 0.497 e. The molecule has 0 bridgehead atoms. The molecule has 0 radical (unpaired) electrons. The number of methoxy groups -OCH3 is 1. The Kier molecular flexibility index (Phi) is 6.03. The molecule has 0 heterocycles. The SMILES string of the molecule is COc1ccc(C[C@](C)(O)CNS(=O)(=O)c2ccccc2Br)cc1. The average molecular weight is 414 g/mol. The van der Waals surface area contributed by atoms with Crippen LogP contribution in [0.3, 0.4) is 0 Å². The Balaban J connectivity index is 2.04. The molecule has 0 saturated carbocycles. The van der Waals surface area contributed by atoms with E-state index in [0.717, 1.165) is 11.3 Å². The lowest BCUT2D eigenvalue weighted by Crippen LogP contribution is -2.42. The van der Waals surface area contributed by atoms with E-state index in [9.17, 15) is 13.5 Å². The van der Waals surface area contributed by atoms with Crippen LogP contribution in [0.15, 0.2) is 57.9 Å². The topological polar surface area (TPSA) is 75.6 Å². The van der Waals surface area contributed by atoms with Gasteiger partial charge in [-0.15, -0.1) is 0 Å². The van der Waals surface area contributed by atoms with Crippen molar-refractivity contribution in [3.63, 3.8) is 0 Å². The number of hydrogen-bond donors (Lipinski definition) is 2. The van der Waals surface area contributed by atoms with Crippen LogP contribution in [-0.4, -0.2) is 32.8 Å². The fourth-order valence-electron chi connectivity index (χ4n) is 2.24. The van der Waals surface area contributed by atoms with E-state index >= 15 is 0 Å². The normalized spacial score (nSPS) is 14.2. The number of halogens is 1. The molecule has 24 heavy (non-hydrogen) atoms. The highest BCUT2D eigenvalue weighted by molar-refractivity contribution is 9.10. The van der Waals surface area contributed by atoms with Gasteiger partial charge in [-0.05, 0) is 52.7 Å². The summed E-state index contributed by atoms with van der Waals surface area (Å²) in [6, 6.07) is 13.8. The lowest BCUT2D eigenvalue weighted by Gasteiger charge is -2.24. The Hall–Kier alpha value is -1.41. The molecule has 0 fully saturated rings. The zero-order chi connectivity index (χ0) is 17.8. The summed E-state index contributed by atoms with van der Waals surface area (Å²) >= 11 is 3.23. The van der Waals surface area contributed by atoms with Crippen molar-refractivity contribution in [1.82, 2.24) is 4.72 Å². The van der Waals surface area contributed by atoms with Crippen LogP contribution in [0, 0.1) is 0 Å². The molecule has 0 aliphatic carbocycles. The summed E-state index contributed by atoms with van der Waals surface area (Å²) in [7, 11) is -2.12. The summed E-state index contributed by atoms with van der Waals surface area (Å²) in [5.41, 5.74) is -0.330. The minimum atomic E-state index is -3.70. The summed E-state index contributed by atoms with van der Waals surface area (Å²) in [5.74, 6) is 0.730. The Labute approximate surface area is 150 Å². The maximum absolute atomic E-state index is 12.4. The molecule has 2 aromatic rings. The van der Waals surface area contributed by atoms with Crippen molar-refractivity contribution in [2.45, 2.75) is 23.8 Å². The number of benzene rings is 2. The number of ether oxygens (including phenoxy) is 1. The molecule has 0 aromatic heterocycles. The van der Waals surface area contributed by atoms with E-state index in [2.05, 4.69) is 20.7 Å². The molecule has 1 atom stereocenters. The maximum atomic E-state index is 12.4. The Morgan fingerprint density at radius 1 is 1.17 bits per heavy atom. The first-order chi connectivity index (χ1) is 11.2. The Morgan fingerprint density at radius 3 is 2.38 bits per heavy atom. The summed E-state index contributed by atoms with van der Waals surface area (Å²) in [5, 5.41) is 10.5. The molecule has 5 nitrogen and oxygen atoms in total. The molecular formula is C17H20BrNO4S. The van der Waals surface area contributed by atoms with Gasteiger partial charge in [-0.25, -0.2) is 13.1 Å². The lowest BCUT2D eigenvalue weighted by atomic mass is 9.97. The van der Waals surface area contributed by atoms with Crippen LogP contribution >= 0.6 is 15.9 Å². The van der Waals surface area contributed by atoms with Crippen molar-refractivity contribution >= 4 is 26.0 Å². The molecule has 2 aromatic carbocycles. The van der Waals surface area contributed by atoms with Gasteiger partial charge in [0, 0.05) is 17.4 Å². The molecule has 130 valence electrons. The van der Waals surface area contributed by atoms with E-state index in [1.807, 2.05) is 12.1 Å². The van der Waals surface area contributed by atoms with Gasteiger partial charge < -0.3 is 9.84 Å². The third-order valence-corrected chi connectivity index (χ3v) is 5.93. The van der Waals surface area contributed by atoms with Crippen LogP contribution in [0.5, 0.6) is 5.75 Å². The van der Waals surface area contributed by atoms with Crippen LogP contribution in [0.1, 0.15) is 12.5 Å². The molecule has 0 unspecified atom stereocenters. The maximum Gasteiger partial charge on any atom is 0.241 e. The van der Waals surface area contributed by atoms with Gasteiger partial charge in [0.2, 0.25) is 10.0 Å². The van der Waals surface area contributed by atoms with Crippen molar-refractivity contribution in [2.24, 2.45) is 0 Å². The molecule has 0 amide bonds. The molecule has 0 saturated heterocycles. The first-order valence-corrected chi connectivity index (χ1v) is 9.61. The number of aliphatic hydroxyl groups is 1. The fourth-order valence-corrected chi connectivity index (χ4v) is 4.40. The van der Waals surface area contributed by atoms with Crippen LogP contribution < -0.4 is 9.46 Å². The number of rotatable bonds is 7. The summed E-state index contributed by atoms with van der Waals surface area (Å²) < 4.78 is 32.8. The summed E-state index contributed by atoms with van der Waals surface area (Å²) in [4.78, 5) is 0.144. The number of hydrogen-bond acceptors (Lipinski definition) is 4. The smallest absolute Gasteiger partial charge is 0.241 e. The highest BCUT2D eigenvalue weighted by Gasteiger charge is 2.25. The van der Waals surface area contributed by atoms with Crippen LogP contribution in [0.4, 0.5) is 0 Å². The summed E-state index contributed by atoms with van der Waals surface area (Å²) in [6.07, 6.45) is 0.315.